The van der Waals surface area contributed by atoms with Crippen molar-refractivity contribution in [3.05, 3.63) is 68.8 Å². The summed E-state index contributed by atoms with van der Waals surface area (Å²) in [5, 5.41) is 0. The number of benzene rings is 2. The Morgan fingerprint density at radius 1 is 0.500 bits per heavy atom. The van der Waals surface area contributed by atoms with Gasteiger partial charge in [-0.15, -0.1) is 0 Å². The summed E-state index contributed by atoms with van der Waals surface area (Å²) in [4.78, 5) is 0. The lowest BCUT2D eigenvalue weighted by Gasteiger charge is -2.20. The number of rotatable bonds is 2. The zero-order chi connectivity index (χ0) is 15.0. The van der Waals surface area contributed by atoms with E-state index in [-0.39, 0.29) is 0 Å². The van der Waals surface area contributed by atoms with Crippen LogP contribution in [-0.4, -0.2) is 0 Å². The van der Waals surface area contributed by atoms with Crippen LogP contribution < -0.4 is 0 Å². The average Bonchev–Trinajstić information content (AvgIpc) is 2.37. The van der Waals surface area contributed by atoms with E-state index < -0.39 is 0 Å². The molecule has 0 aliphatic heterocycles. The molecule has 0 bridgehead atoms. The van der Waals surface area contributed by atoms with E-state index in [1.54, 1.807) is 0 Å². The summed E-state index contributed by atoms with van der Waals surface area (Å²) in [6, 6.07) is 9.36. The van der Waals surface area contributed by atoms with Gasteiger partial charge in [0.2, 0.25) is 0 Å². The fourth-order valence-electron chi connectivity index (χ4n) is 3.07. The smallest absolute Gasteiger partial charge is 0.00664 e. The van der Waals surface area contributed by atoms with E-state index in [9.17, 15) is 0 Å². The molecule has 0 N–H and O–H groups in total. The second kappa shape index (κ2) is 5.44. The largest absolute Gasteiger partial charge is 0.0558 e. The van der Waals surface area contributed by atoms with Crippen LogP contribution in [0.15, 0.2) is 24.3 Å². The average molecular weight is 266 g/mol. The van der Waals surface area contributed by atoms with Gasteiger partial charge in [0.05, 0.1) is 0 Å². The first-order valence-corrected chi connectivity index (χ1v) is 7.46. The molecule has 2 aromatic rings. The molecule has 106 valence electrons. The Labute approximate surface area is 123 Å². The minimum absolute atomic E-state index is 0.452. The summed E-state index contributed by atoms with van der Waals surface area (Å²) in [6.07, 6.45) is 0. The molecule has 0 aliphatic rings. The highest BCUT2D eigenvalue weighted by Gasteiger charge is 2.15. The predicted molar refractivity (Wildman–Crippen MR) is 88.8 cm³/mol. The van der Waals surface area contributed by atoms with Crippen molar-refractivity contribution in [1.82, 2.24) is 0 Å². The molecule has 0 unspecified atom stereocenters. The first kappa shape index (κ1) is 14.8. The molecule has 0 amide bonds. The van der Waals surface area contributed by atoms with Crippen LogP contribution in [0.5, 0.6) is 0 Å². The molecular formula is C20H26. The van der Waals surface area contributed by atoms with Gasteiger partial charge in [-0.1, -0.05) is 31.2 Å². The minimum Gasteiger partial charge on any atom is -0.0558 e. The Balaban J connectivity index is 2.54. The zero-order valence-corrected chi connectivity index (χ0v) is 13.9. The van der Waals surface area contributed by atoms with Gasteiger partial charge in [0.25, 0.3) is 0 Å². The van der Waals surface area contributed by atoms with E-state index in [1.807, 2.05) is 0 Å². The summed E-state index contributed by atoms with van der Waals surface area (Å²) < 4.78 is 0. The first-order chi connectivity index (χ1) is 9.31. The summed E-state index contributed by atoms with van der Waals surface area (Å²) in [5.41, 5.74) is 11.3. The molecule has 0 radical (unpaired) electrons. The highest BCUT2D eigenvalue weighted by Crippen LogP contribution is 2.32. The lowest BCUT2D eigenvalue weighted by molar-refractivity contribution is 0.891. The van der Waals surface area contributed by atoms with Crippen LogP contribution in [0.2, 0.25) is 0 Å². The van der Waals surface area contributed by atoms with Crippen LogP contribution in [0.1, 0.15) is 57.3 Å². The molecule has 0 heteroatoms. The van der Waals surface area contributed by atoms with E-state index in [2.05, 4.69) is 72.7 Å². The minimum atomic E-state index is 0.452. The Morgan fingerprint density at radius 2 is 0.800 bits per heavy atom. The van der Waals surface area contributed by atoms with Gasteiger partial charge >= 0.3 is 0 Å². The Hall–Kier alpha value is -1.56. The maximum absolute atomic E-state index is 2.37. The molecule has 0 spiro atoms. The topological polar surface area (TPSA) is 0 Å². The second-order valence-electron chi connectivity index (χ2n) is 6.31. The highest BCUT2D eigenvalue weighted by atomic mass is 14.2. The SMILES string of the molecule is Cc1cc(C)c(C(C)c2cc(C)c(C)cc2C)cc1C. The Bertz CT molecular complexity index is 590. The van der Waals surface area contributed by atoms with Gasteiger partial charge in [0.15, 0.2) is 0 Å². The van der Waals surface area contributed by atoms with Gasteiger partial charge in [-0.2, -0.15) is 0 Å². The lowest BCUT2D eigenvalue weighted by atomic mass is 9.84. The zero-order valence-electron chi connectivity index (χ0n) is 13.9. The lowest BCUT2D eigenvalue weighted by Crippen LogP contribution is -2.04. The van der Waals surface area contributed by atoms with Crippen LogP contribution in [0.3, 0.4) is 0 Å². The molecule has 2 rings (SSSR count). The second-order valence-corrected chi connectivity index (χ2v) is 6.31. The fourth-order valence-corrected chi connectivity index (χ4v) is 3.07. The van der Waals surface area contributed by atoms with Gasteiger partial charge in [-0.3, -0.25) is 0 Å². The standard InChI is InChI=1S/C20H26/c1-12-8-16(5)19(10-14(12)3)18(7)20-11-15(4)13(2)9-17(20)6/h8-11,18H,1-7H3. The molecule has 0 nitrogen and oxygen atoms in total. The maximum Gasteiger partial charge on any atom is 0.00664 e. The van der Waals surface area contributed by atoms with Gasteiger partial charge in [-0.25, -0.2) is 0 Å². The molecule has 2 aromatic carbocycles. The molecule has 0 aromatic heterocycles. The van der Waals surface area contributed by atoms with Crippen molar-refractivity contribution in [2.45, 2.75) is 54.4 Å². The number of hydrogen-bond donors (Lipinski definition) is 0. The van der Waals surface area contributed by atoms with Crippen LogP contribution in [0.25, 0.3) is 0 Å². The van der Waals surface area contributed by atoms with E-state index in [0.717, 1.165) is 0 Å². The predicted octanol–water partition coefficient (Wildman–Crippen LogP) is 5.69. The van der Waals surface area contributed by atoms with Gasteiger partial charge < -0.3 is 0 Å². The molecule has 0 aliphatic carbocycles. The summed E-state index contributed by atoms with van der Waals surface area (Å²) in [5.74, 6) is 0.452. The number of aryl methyl sites for hydroxylation is 6. The van der Waals surface area contributed by atoms with Gasteiger partial charge in [-0.05, 0) is 86.1 Å². The van der Waals surface area contributed by atoms with E-state index in [4.69, 9.17) is 0 Å². The van der Waals surface area contributed by atoms with Crippen molar-refractivity contribution >= 4 is 0 Å². The Kier molecular flexibility index (Phi) is 4.04. The van der Waals surface area contributed by atoms with E-state index in [0.29, 0.717) is 5.92 Å². The third-order valence-corrected chi connectivity index (χ3v) is 4.70. The van der Waals surface area contributed by atoms with Crippen LogP contribution in [0, 0.1) is 41.5 Å². The van der Waals surface area contributed by atoms with Crippen molar-refractivity contribution in [3.63, 3.8) is 0 Å². The monoisotopic (exact) mass is 266 g/mol. The molecule has 0 fully saturated rings. The van der Waals surface area contributed by atoms with E-state index in [1.165, 1.54) is 44.5 Å². The summed E-state index contributed by atoms with van der Waals surface area (Å²) in [7, 11) is 0. The van der Waals surface area contributed by atoms with Crippen molar-refractivity contribution in [2.75, 3.05) is 0 Å². The molecule has 0 heterocycles. The first-order valence-electron chi connectivity index (χ1n) is 7.46. The fraction of sp³-hybridized carbons (Fsp3) is 0.400. The van der Waals surface area contributed by atoms with Crippen LogP contribution >= 0.6 is 0 Å². The van der Waals surface area contributed by atoms with Crippen LogP contribution in [-0.2, 0) is 0 Å². The quantitative estimate of drug-likeness (QED) is 0.655. The normalized spacial score (nSPS) is 11.2. The molecule has 0 atom stereocenters. The molecule has 20 heavy (non-hydrogen) atoms. The summed E-state index contributed by atoms with van der Waals surface area (Å²) >= 11 is 0. The van der Waals surface area contributed by atoms with Gasteiger partial charge in [0.1, 0.15) is 0 Å². The molecular weight excluding hydrogens is 240 g/mol. The Morgan fingerprint density at radius 3 is 1.15 bits per heavy atom. The molecule has 0 saturated heterocycles. The third-order valence-electron chi connectivity index (χ3n) is 4.70. The highest BCUT2D eigenvalue weighted by molar-refractivity contribution is 5.46. The maximum atomic E-state index is 2.37. The molecule has 0 saturated carbocycles. The number of hydrogen-bond acceptors (Lipinski definition) is 0. The third kappa shape index (κ3) is 2.65. The van der Waals surface area contributed by atoms with Crippen molar-refractivity contribution < 1.29 is 0 Å². The van der Waals surface area contributed by atoms with Crippen LogP contribution in [0.4, 0.5) is 0 Å². The van der Waals surface area contributed by atoms with Gasteiger partial charge in [0, 0.05) is 5.92 Å². The summed E-state index contributed by atoms with van der Waals surface area (Å²) in [6.45, 7) is 15.6. The van der Waals surface area contributed by atoms with Crippen molar-refractivity contribution in [2.24, 2.45) is 0 Å². The van der Waals surface area contributed by atoms with E-state index >= 15 is 0 Å². The van der Waals surface area contributed by atoms with Crippen molar-refractivity contribution in [3.8, 4) is 0 Å². The van der Waals surface area contributed by atoms with Crippen molar-refractivity contribution in [1.29, 1.82) is 0 Å².